The highest BCUT2D eigenvalue weighted by molar-refractivity contribution is 5.69. The van der Waals surface area contributed by atoms with E-state index in [1.807, 2.05) is 32.9 Å². The van der Waals surface area contributed by atoms with Gasteiger partial charge in [0.25, 0.3) is 0 Å². The van der Waals surface area contributed by atoms with E-state index in [2.05, 4.69) is 0 Å². The Kier molecular flexibility index (Phi) is 10.7. The summed E-state index contributed by atoms with van der Waals surface area (Å²) in [7, 11) is 0. The molecule has 0 saturated carbocycles. The van der Waals surface area contributed by atoms with Gasteiger partial charge in [-0.15, -0.1) is 0 Å². The molecule has 0 spiro atoms. The molecule has 0 radical (unpaired) electrons. The maximum absolute atomic E-state index is 11.5. The van der Waals surface area contributed by atoms with Crippen LogP contribution in [0.4, 0.5) is 5.69 Å². The molecule has 7 heteroatoms. The van der Waals surface area contributed by atoms with Crippen LogP contribution < -0.4 is 10.5 Å². The molecule has 148 valence electrons. The topological polar surface area (TPSA) is 89.2 Å². The van der Waals surface area contributed by atoms with Crippen LogP contribution in [0.1, 0.15) is 27.2 Å². The smallest absolute Gasteiger partial charge is 0.308 e. The molecular formula is C19H31NO6. The molecule has 0 aliphatic heterocycles. The Morgan fingerprint density at radius 1 is 0.846 bits per heavy atom. The minimum absolute atomic E-state index is 0.244. The van der Waals surface area contributed by atoms with Crippen molar-refractivity contribution in [2.45, 2.75) is 32.8 Å². The summed E-state index contributed by atoms with van der Waals surface area (Å²) in [5.41, 5.74) is 5.85. The number of nitrogen functional groups attached to an aromatic ring is 1. The molecule has 0 heterocycles. The minimum Gasteiger partial charge on any atom is -0.491 e. The Hall–Kier alpha value is -1.83. The maximum atomic E-state index is 11.5. The standard InChI is InChI=1S/C19H31NO6/c1-19(2,3)26-18(21)8-9-22-10-11-23-12-13-24-14-15-25-17-6-4-16(20)5-7-17/h4-7H,8-15,20H2,1-3H3. The number of carbonyl (C=O) groups is 1. The van der Waals surface area contributed by atoms with Crippen molar-refractivity contribution in [3.05, 3.63) is 24.3 Å². The fraction of sp³-hybridized carbons (Fsp3) is 0.632. The molecule has 0 atom stereocenters. The largest absolute Gasteiger partial charge is 0.491 e. The highest BCUT2D eigenvalue weighted by Gasteiger charge is 2.15. The van der Waals surface area contributed by atoms with E-state index in [1.165, 1.54) is 0 Å². The normalized spacial score (nSPS) is 11.3. The van der Waals surface area contributed by atoms with Crippen LogP contribution in [0.5, 0.6) is 5.75 Å². The van der Waals surface area contributed by atoms with Crippen molar-refractivity contribution in [1.29, 1.82) is 0 Å². The summed E-state index contributed by atoms with van der Waals surface area (Å²) in [6.07, 6.45) is 0.244. The van der Waals surface area contributed by atoms with Crippen LogP contribution >= 0.6 is 0 Å². The molecule has 2 N–H and O–H groups in total. The molecule has 0 bridgehead atoms. The third kappa shape index (κ3) is 12.5. The second-order valence-corrected chi connectivity index (χ2v) is 6.59. The molecule has 0 fully saturated rings. The number of esters is 1. The lowest BCUT2D eigenvalue weighted by atomic mass is 10.2. The van der Waals surface area contributed by atoms with Gasteiger partial charge in [-0.05, 0) is 45.0 Å². The van der Waals surface area contributed by atoms with Crippen LogP contribution in [-0.2, 0) is 23.7 Å². The second-order valence-electron chi connectivity index (χ2n) is 6.59. The summed E-state index contributed by atoms with van der Waals surface area (Å²) in [5, 5.41) is 0. The molecule has 1 rings (SSSR count). The quantitative estimate of drug-likeness (QED) is 0.324. The van der Waals surface area contributed by atoms with Gasteiger partial charge >= 0.3 is 5.97 Å². The lowest BCUT2D eigenvalue weighted by Gasteiger charge is -2.19. The number of benzene rings is 1. The lowest BCUT2D eigenvalue weighted by Crippen LogP contribution is -2.24. The number of carbonyl (C=O) groups excluding carboxylic acids is 1. The van der Waals surface area contributed by atoms with E-state index in [4.69, 9.17) is 29.4 Å². The molecule has 1 aromatic rings. The molecule has 0 aromatic heterocycles. The van der Waals surface area contributed by atoms with Crippen molar-refractivity contribution >= 4 is 11.7 Å². The van der Waals surface area contributed by atoms with E-state index in [0.29, 0.717) is 51.9 Å². The van der Waals surface area contributed by atoms with Crippen LogP contribution in [0.3, 0.4) is 0 Å². The van der Waals surface area contributed by atoms with E-state index in [9.17, 15) is 4.79 Å². The maximum Gasteiger partial charge on any atom is 0.308 e. The highest BCUT2D eigenvalue weighted by Crippen LogP contribution is 2.12. The molecule has 26 heavy (non-hydrogen) atoms. The van der Waals surface area contributed by atoms with Crippen molar-refractivity contribution in [3.8, 4) is 5.75 Å². The lowest BCUT2D eigenvalue weighted by molar-refractivity contribution is -0.156. The summed E-state index contributed by atoms with van der Waals surface area (Å²) in [5.74, 6) is 0.510. The van der Waals surface area contributed by atoms with Gasteiger partial charge in [0.2, 0.25) is 0 Å². The summed E-state index contributed by atoms with van der Waals surface area (Å²) in [6, 6.07) is 7.22. The van der Waals surface area contributed by atoms with E-state index in [-0.39, 0.29) is 12.4 Å². The van der Waals surface area contributed by atoms with E-state index in [0.717, 1.165) is 5.75 Å². The van der Waals surface area contributed by atoms with Gasteiger partial charge in [-0.25, -0.2) is 0 Å². The van der Waals surface area contributed by atoms with Crippen molar-refractivity contribution in [1.82, 2.24) is 0 Å². The Balaban J connectivity index is 1.83. The van der Waals surface area contributed by atoms with E-state index < -0.39 is 5.60 Å². The van der Waals surface area contributed by atoms with Crippen LogP contribution in [0.15, 0.2) is 24.3 Å². The van der Waals surface area contributed by atoms with E-state index in [1.54, 1.807) is 12.1 Å². The zero-order valence-corrected chi connectivity index (χ0v) is 16.0. The Morgan fingerprint density at radius 3 is 1.88 bits per heavy atom. The van der Waals surface area contributed by atoms with Crippen LogP contribution in [0.25, 0.3) is 0 Å². The minimum atomic E-state index is -0.458. The Morgan fingerprint density at radius 2 is 1.35 bits per heavy atom. The van der Waals surface area contributed by atoms with Crippen LogP contribution in [-0.4, -0.2) is 57.8 Å². The van der Waals surface area contributed by atoms with Crippen molar-refractivity contribution in [2.24, 2.45) is 0 Å². The second kappa shape index (κ2) is 12.5. The van der Waals surface area contributed by atoms with Gasteiger partial charge in [0, 0.05) is 5.69 Å². The molecule has 0 aliphatic carbocycles. The molecular weight excluding hydrogens is 338 g/mol. The number of ether oxygens (including phenoxy) is 5. The fourth-order valence-corrected chi connectivity index (χ4v) is 1.87. The number of anilines is 1. The number of rotatable bonds is 13. The summed E-state index contributed by atoms with van der Waals surface area (Å²) in [4.78, 5) is 11.5. The predicted octanol–water partition coefficient (Wildman–Crippen LogP) is 2.43. The van der Waals surface area contributed by atoms with Gasteiger partial charge in [0.15, 0.2) is 0 Å². The summed E-state index contributed by atoms with van der Waals surface area (Å²) >= 11 is 0. The third-order valence-electron chi connectivity index (χ3n) is 2.99. The summed E-state index contributed by atoms with van der Waals surface area (Å²) < 4.78 is 26.8. The van der Waals surface area contributed by atoms with Gasteiger partial charge in [0.1, 0.15) is 18.0 Å². The molecule has 1 aromatic carbocycles. The molecule has 7 nitrogen and oxygen atoms in total. The monoisotopic (exact) mass is 369 g/mol. The molecule has 0 saturated heterocycles. The van der Waals surface area contributed by atoms with E-state index >= 15 is 0 Å². The van der Waals surface area contributed by atoms with Gasteiger partial charge in [0.05, 0.1) is 46.1 Å². The zero-order valence-electron chi connectivity index (χ0n) is 16.0. The molecule has 0 amide bonds. The first kappa shape index (κ1) is 22.2. The SMILES string of the molecule is CC(C)(C)OC(=O)CCOCCOCCOCCOc1ccc(N)cc1. The van der Waals surface area contributed by atoms with Crippen molar-refractivity contribution in [2.75, 3.05) is 52.0 Å². The zero-order chi connectivity index (χ0) is 19.3. The molecule has 0 aliphatic rings. The predicted molar refractivity (Wildman–Crippen MR) is 99.3 cm³/mol. The van der Waals surface area contributed by atoms with Crippen molar-refractivity contribution < 1.29 is 28.5 Å². The average Bonchev–Trinajstić information content (AvgIpc) is 2.56. The van der Waals surface area contributed by atoms with Gasteiger partial charge in [-0.2, -0.15) is 0 Å². The van der Waals surface area contributed by atoms with Gasteiger partial charge in [-0.1, -0.05) is 0 Å². The fourth-order valence-electron chi connectivity index (χ4n) is 1.87. The first-order valence-corrected chi connectivity index (χ1v) is 8.80. The number of nitrogens with two attached hydrogens (primary N) is 1. The van der Waals surface area contributed by atoms with Gasteiger partial charge < -0.3 is 29.4 Å². The first-order valence-electron chi connectivity index (χ1n) is 8.80. The van der Waals surface area contributed by atoms with Crippen molar-refractivity contribution in [3.63, 3.8) is 0 Å². The molecule has 0 unspecified atom stereocenters. The third-order valence-corrected chi connectivity index (χ3v) is 2.99. The van der Waals surface area contributed by atoms with Gasteiger partial charge in [-0.3, -0.25) is 4.79 Å². The number of hydrogen-bond acceptors (Lipinski definition) is 7. The Bertz CT molecular complexity index is 498. The highest BCUT2D eigenvalue weighted by atomic mass is 16.6. The Labute approximate surface area is 155 Å². The first-order chi connectivity index (χ1) is 12.4. The van der Waals surface area contributed by atoms with Crippen LogP contribution in [0, 0.1) is 0 Å². The summed E-state index contributed by atoms with van der Waals surface area (Å²) in [6.45, 7) is 8.67. The average molecular weight is 369 g/mol. The van der Waals surface area contributed by atoms with Crippen LogP contribution in [0.2, 0.25) is 0 Å². The number of hydrogen-bond donors (Lipinski definition) is 1.